The number of carbonyl (C=O) groups excluding carboxylic acids is 1. The third kappa shape index (κ3) is 2.71. The molecule has 6 nitrogen and oxygen atoms in total. The van der Waals surface area contributed by atoms with E-state index in [-0.39, 0.29) is 11.3 Å². The number of hydrogen-bond acceptors (Lipinski definition) is 4. The normalized spacial score (nSPS) is 10.5. The predicted molar refractivity (Wildman–Crippen MR) is 79.1 cm³/mol. The molecule has 0 saturated heterocycles. The number of carbonyl (C=O) groups is 2. The fraction of sp³-hybridized carbons (Fsp3) is 0. The first-order valence-corrected chi connectivity index (χ1v) is 6.60. The van der Waals surface area contributed by atoms with Crippen molar-refractivity contribution >= 4 is 12.3 Å². The van der Waals surface area contributed by atoms with Gasteiger partial charge in [0.25, 0.3) is 0 Å². The van der Waals surface area contributed by atoms with Crippen LogP contribution in [0.4, 0.5) is 4.39 Å². The van der Waals surface area contributed by atoms with Crippen molar-refractivity contribution in [1.82, 2.24) is 15.0 Å². The standard InChI is InChI=1S/C16H10FN3O3/c17-12-5-1-10(2-6-12)15-14(9-21)18-19-20(15)13-7-3-11(4-8-13)16(22)23/h1-9H,(H,22,23). The highest BCUT2D eigenvalue weighted by atomic mass is 19.1. The van der Waals surface area contributed by atoms with E-state index in [1.165, 1.54) is 41.1 Å². The van der Waals surface area contributed by atoms with Gasteiger partial charge in [0.2, 0.25) is 0 Å². The lowest BCUT2D eigenvalue weighted by Crippen LogP contribution is -2.02. The number of carboxylic acids is 1. The minimum atomic E-state index is -1.04. The van der Waals surface area contributed by atoms with E-state index in [2.05, 4.69) is 10.3 Å². The maximum Gasteiger partial charge on any atom is 0.335 e. The molecule has 23 heavy (non-hydrogen) atoms. The summed E-state index contributed by atoms with van der Waals surface area (Å²) in [5.74, 6) is -1.44. The van der Waals surface area contributed by atoms with Gasteiger partial charge in [0, 0.05) is 5.56 Å². The number of nitrogens with zero attached hydrogens (tertiary/aromatic N) is 3. The van der Waals surface area contributed by atoms with Crippen molar-refractivity contribution in [3.05, 3.63) is 65.6 Å². The second kappa shape index (κ2) is 5.80. The zero-order chi connectivity index (χ0) is 16.4. The van der Waals surface area contributed by atoms with Crippen LogP contribution in [0.1, 0.15) is 20.8 Å². The highest BCUT2D eigenvalue weighted by Crippen LogP contribution is 2.24. The minimum absolute atomic E-state index is 0.110. The van der Waals surface area contributed by atoms with E-state index in [1.807, 2.05) is 0 Å². The van der Waals surface area contributed by atoms with Gasteiger partial charge < -0.3 is 5.11 Å². The highest BCUT2D eigenvalue weighted by Gasteiger charge is 2.16. The average molecular weight is 311 g/mol. The van der Waals surface area contributed by atoms with Crippen LogP contribution in [0.5, 0.6) is 0 Å². The van der Waals surface area contributed by atoms with Gasteiger partial charge in [-0.05, 0) is 48.5 Å². The SMILES string of the molecule is O=Cc1nnn(-c2ccc(C(=O)O)cc2)c1-c1ccc(F)cc1. The molecule has 3 aromatic rings. The van der Waals surface area contributed by atoms with Gasteiger partial charge >= 0.3 is 5.97 Å². The Morgan fingerprint density at radius 2 is 1.74 bits per heavy atom. The maximum absolute atomic E-state index is 13.1. The number of halogens is 1. The second-order valence-corrected chi connectivity index (χ2v) is 4.71. The van der Waals surface area contributed by atoms with Gasteiger partial charge in [-0.15, -0.1) is 5.10 Å². The van der Waals surface area contributed by atoms with Crippen molar-refractivity contribution in [2.45, 2.75) is 0 Å². The first kappa shape index (κ1) is 14.6. The third-order valence-electron chi connectivity index (χ3n) is 3.28. The number of carboxylic acid groups (broad SMARTS) is 1. The van der Waals surface area contributed by atoms with E-state index < -0.39 is 11.8 Å². The Morgan fingerprint density at radius 1 is 1.09 bits per heavy atom. The number of hydrogen-bond donors (Lipinski definition) is 1. The van der Waals surface area contributed by atoms with Crippen LogP contribution in [-0.4, -0.2) is 32.4 Å². The Kier molecular flexibility index (Phi) is 3.68. The summed E-state index contributed by atoms with van der Waals surface area (Å²) >= 11 is 0. The Hall–Kier alpha value is -3.35. The van der Waals surface area contributed by atoms with Crippen LogP contribution < -0.4 is 0 Å². The number of aromatic carboxylic acids is 1. The van der Waals surface area contributed by atoms with E-state index in [1.54, 1.807) is 12.1 Å². The topological polar surface area (TPSA) is 85.1 Å². The molecule has 7 heteroatoms. The molecule has 3 rings (SSSR count). The molecule has 0 amide bonds. The third-order valence-corrected chi connectivity index (χ3v) is 3.28. The largest absolute Gasteiger partial charge is 0.478 e. The zero-order valence-corrected chi connectivity index (χ0v) is 11.7. The van der Waals surface area contributed by atoms with Gasteiger partial charge in [0.1, 0.15) is 11.5 Å². The van der Waals surface area contributed by atoms with Crippen LogP contribution in [0.15, 0.2) is 48.5 Å². The number of benzene rings is 2. The molecule has 114 valence electrons. The summed E-state index contributed by atoms with van der Waals surface area (Å²) in [4.78, 5) is 22.1. The Balaban J connectivity index is 2.13. The van der Waals surface area contributed by atoms with E-state index >= 15 is 0 Å². The summed E-state index contributed by atoms with van der Waals surface area (Å²) in [6.07, 6.45) is 0.563. The lowest BCUT2D eigenvalue weighted by molar-refractivity contribution is 0.0696. The van der Waals surface area contributed by atoms with Gasteiger partial charge in [-0.1, -0.05) is 5.21 Å². The summed E-state index contributed by atoms with van der Waals surface area (Å²) in [6.45, 7) is 0. The number of rotatable bonds is 4. The van der Waals surface area contributed by atoms with Crippen molar-refractivity contribution in [3.63, 3.8) is 0 Å². The highest BCUT2D eigenvalue weighted by molar-refractivity contribution is 5.88. The summed E-state index contributed by atoms with van der Waals surface area (Å²) < 4.78 is 14.5. The zero-order valence-electron chi connectivity index (χ0n) is 11.7. The maximum atomic E-state index is 13.1. The monoisotopic (exact) mass is 311 g/mol. The molecule has 0 aliphatic rings. The van der Waals surface area contributed by atoms with Gasteiger partial charge in [-0.2, -0.15) is 0 Å². The molecule has 1 N–H and O–H groups in total. The lowest BCUT2D eigenvalue weighted by Gasteiger charge is -2.07. The van der Waals surface area contributed by atoms with Crippen molar-refractivity contribution in [2.75, 3.05) is 0 Å². The van der Waals surface area contributed by atoms with Crippen LogP contribution in [0, 0.1) is 5.82 Å². The van der Waals surface area contributed by atoms with E-state index in [0.29, 0.717) is 23.2 Å². The van der Waals surface area contributed by atoms with E-state index in [0.717, 1.165) is 0 Å². The minimum Gasteiger partial charge on any atom is -0.478 e. The molecule has 0 unspecified atom stereocenters. The van der Waals surface area contributed by atoms with E-state index in [9.17, 15) is 14.0 Å². The molecule has 0 saturated carbocycles. The Bertz CT molecular complexity index is 871. The van der Waals surface area contributed by atoms with Crippen molar-refractivity contribution < 1.29 is 19.1 Å². The smallest absolute Gasteiger partial charge is 0.335 e. The van der Waals surface area contributed by atoms with Crippen molar-refractivity contribution in [2.24, 2.45) is 0 Å². The van der Waals surface area contributed by atoms with Gasteiger partial charge in [0.05, 0.1) is 11.3 Å². The summed E-state index contributed by atoms with van der Waals surface area (Å²) in [5.41, 5.74) is 1.76. The van der Waals surface area contributed by atoms with Crippen molar-refractivity contribution in [3.8, 4) is 16.9 Å². The molecule has 0 fully saturated rings. The fourth-order valence-corrected chi connectivity index (χ4v) is 2.18. The number of aromatic nitrogens is 3. The molecular formula is C16H10FN3O3. The van der Waals surface area contributed by atoms with Crippen LogP contribution in [0.2, 0.25) is 0 Å². The Morgan fingerprint density at radius 3 is 2.30 bits per heavy atom. The predicted octanol–water partition coefficient (Wildman–Crippen LogP) is 2.58. The first-order valence-electron chi connectivity index (χ1n) is 6.60. The molecule has 0 radical (unpaired) electrons. The van der Waals surface area contributed by atoms with E-state index in [4.69, 9.17) is 5.11 Å². The molecule has 2 aromatic carbocycles. The van der Waals surface area contributed by atoms with Crippen LogP contribution in [-0.2, 0) is 0 Å². The Labute approximate surface area is 129 Å². The molecular weight excluding hydrogens is 301 g/mol. The van der Waals surface area contributed by atoms with Crippen LogP contribution >= 0.6 is 0 Å². The summed E-state index contributed by atoms with van der Waals surface area (Å²) in [5, 5.41) is 16.7. The molecule has 1 heterocycles. The molecule has 0 spiro atoms. The van der Waals surface area contributed by atoms with Crippen LogP contribution in [0.3, 0.4) is 0 Å². The molecule has 0 atom stereocenters. The van der Waals surface area contributed by atoms with Crippen LogP contribution in [0.25, 0.3) is 16.9 Å². The fourth-order valence-electron chi connectivity index (χ4n) is 2.18. The molecule has 0 aliphatic carbocycles. The van der Waals surface area contributed by atoms with Gasteiger partial charge in [-0.25, -0.2) is 13.9 Å². The molecule has 0 aliphatic heterocycles. The average Bonchev–Trinajstić information content (AvgIpc) is 2.99. The number of aldehydes is 1. The first-order chi connectivity index (χ1) is 11.1. The summed E-state index contributed by atoms with van der Waals surface area (Å²) in [6, 6.07) is 11.5. The quantitative estimate of drug-likeness (QED) is 0.749. The van der Waals surface area contributed by atoms with Crippen molar-refractivity contribution in [1.29, 1.82) is 0 Å². The molecule has 0 bridgehead atoms. The second-order valence-electron chi connectivity index (χ2n) is 4.71. The summed E-state index contributed by atoms with van der Waals surface area (Å²) in [7, 11) is 0. The van der Waals surface area contributed by atoms with Gasteiger partial charge in [0.15, 0.2) is 12.0 Å². The van der Waals surface area contributed by atoms with Gasteiger partial charge in [-0.3, -0.25) is 4.79 Å². The molecule has 1 aromatic heterocycles. The lowest BCUT2D eigenvalue weighted by atomic mass is 10.1.